The molecule has 0 unspecified atom stereocenters. The Morgan fingerprint density at radius 2 is 2.00 bits per heavy atom. The molecule has 7 heteroatoms. The molecular formula is C24H25Br2N3O2. The molecule has 4 rings (SSSR count). The van der Waals surface area contributed by atoms with E-state index >= 15 is 0 Å². The van der Waals surface area contributed by atoms with Crippen molar-refractivity contribution >= 4 is 54.9 Å². The van der Waals surface area contributed by atoms with Crippen LogP contribution in [0.2, 0.25) is 0 Å². The topological polar surface area (TPSA) is 49.0 Å². The van der Waals surface area contributed by atoms with E-state index in [0.717, 1.165) is 44.5 Å². The zero-order chi connectivity index (χ0) is 22.1. The number of methoxy groups -OCH3 is 1. The van der Waals surface area contributed by atoms with Crippen LogP contribution in [0.4, 0.5) is 0 Å². The summed E-state index contributed by atoms with van der Waals surface area (Å²) in [6.45, 7) is 8.57. The number of ether oxygens (including phenoxy) is 1. The van der Waals surface area contributed by atoms with Crippen molar-refractivity contribution in [3.05, 3.63) is 57.8 Å². The van der Waals surface area contributed by atoms with E-state index in [1.165, 1.54) is 31.9 Å². The fourth-order valence-electron chi connectivity index (χ4n) is 4.70. The van der Waals surface area contributed by atoms with Gasteiger partial charge in [0.2, 0.25) is 0 Å². The van der Waals surface area contributed by atoms with Gasteiger partial charge >= 0.3 is 5.97 Å². The second kappa shape index (κ2) is 9.17. The predicted octanol–water partition coefficient (Wildman–Crippen LogP) is 7.15. The zero-order valence-electron chi connectivity index (χ0n) is 17.5. The minimum atomic E-state index is -0.341. The molecule has 5 nitrogen and oxygen atoms in total. The molecule has 1 fully saturated rings. The third-order valence-corrected chi connectivity index (χ3v) is 7.90. The molecule has 31 heavy (non-hydrogen) atoms. The molecule has 3 aromatic rings. The third-order valence-electron chi connectivity index (χ3n) is 6.06. The Hall–Kier alpha value is -2.12. The van der Waals surface area contributed by atoms with Gasteiger partial charge in [0, 0.05) is 18.1 Å². The summed E-state index contributed by atoms with van der Waals surface area (Å²) in [6.07, 6.45) is 9.67. The number of hydrogen-bond donors (Lipinski definition) is 0. The van der Waals surface area contributed by atoms with Crippen LogP contribution >= 0.6 is 31.9 Å². The Balaban J connectivity index is 2.09. The van der Waals surface area contributed by atoms with Crippen LogP contribution in [0.3, 0.4) is 0 Å². The normalized spacial score (nSPS) is 14.7. The van der Waals surface area contributed by atoms with Crippen LogP contribution in [0.15, 0.2) is 46.6 Å². The van der Waals surface area contributed by atoms with Gasteiger partial charge in [-0.25, -0.2) is 9.78 Å². The van der Waals surface area contributed by atoms with Crippen LogP contribution in [0, 0.1) is 0 Å². The molecule has 0 atom stereocenters. The Morgan fingerprint density at radius 3 is 2.65 bits per heavy atom. The summed E-state index contributed by atoms with van der Waals surface area (Å²) in [7, 11) is 1.41. The van der Waals surface area contributed by atoms with Crippen molar-refractivity contribution in [2.45, 2.75) is 44.6 Å². The van der Waals surface area contributed by atoms with E-state index in [0.29, 0.717) is 18.0 Å². The van der Waals surface area contributed by atoms with E-state index in [1.807, 2.05) is 22.8 Å². The number of nitrogens with zero attached hydrogens (tertiary/aromatic N) is 3. The number of aromatic nitrogens is 3. The van der Waals surface area contributed by atoms with Gasteiger partial charge in [-0.2, -0.15) is 0 Å². The number of fused-ring (bicyclic) bond motifs is 1. The molecule has 2 heterocycles. The van der Waals surface area contributed by atoms with Crippen molar-refractivity contribution in [1.82, 2.24) is 14.1 Å². The average molecular weight is 547 g/mol. The minimum Gasteiger partial charge on any atom is -0.465 e. The molecule has 162 valence electrons. The average Bonchev–Trinajstić information content (AvgIpc) is 3.27. The van der Waals surface area contributed by atoms with Crippen molar-refractivity contribution in [2.24, 2.45) is 0 Å². The van der Waals surface area contributed by atoms with Crippen LogP contribution in [0.25, 0.3) is 28.6 Å². The van der Waals surface area contributed by atoms with Gasteiger partial charge in [0.15, 0.2) is 5.82 Å². The number of esters is 1. The monoisotopic (exact) mass is 545 g/mol. The maximum Gasteiger partial charge on any atom is 0.337 e. The van der Waals surface area contributed by atoms with Crippen LogP contribution < -0.4 is 0 Å². The fraction of sp³-hybridized carbons (Fsp3) is 0.333. The minimum absolute atomic E-state index is 0.341. The highest BCUT2D eigenvalue weighted by atomic mass is 79.9. The first kappa shape index (κ1) is 22.1. The summed E-state index contributed by atoms with van der Waals surface area (Å²) < 4.78 is 10.7. The van der Waals surface area contributed by atoms with E-state index in [9.17, 15) is 4.79 Å². The molecule has 0 saturated heterocycles. The van der Waals surface area contributed by atoms with Crippen molar-refractivity contribution < 1.29 is 9.53 Å². The van der Waals surface area contributed by atoms with Crippen molar-refractivity contribution in [3.63, 3.8) is 0 Å². The van der Waals surface area contributed by atoms with E-state index in [-0.39, 0.29) is 5.97 Å². The summed E-state index contributed by atoms with van der Waals surface area (Å²) >= 11 is 7.17. The molecule has 1 aliphatic carbocycles. The van der Waals surface area contributed by atoms with E-state index in [4.69, 9.17) is 9.72 Å². The van der Waals surface area contributed by atoms with E-state index in [2.05, 4.69) is 55.7 Å². The number of benzene rings is 1. The van der Waals surface area contributed by atoms with Crippen molar-refractivity contribution in [3.8, 4) is 11.5 Å². The summed E-state index contributed by atoms with van der Waals surface area (Å²) in [6, 6.07) is 5.83. The lowest BCUT2D eigenvalue weighted by Gasteiger charge is -2.23. The lowest BCUT2D eigenvalue weighted by Crippen LogP contribution is -2.09. The summed E-state index contributed by atoms with van der Waals surface area (Å²) in [4.78, 5) is 17.1. The number of carbonyl (C=O) groups is 1. The van der Waals surface area contributed by atoms with E-state index in [1.54, 1.807) is 6.20 Å². The van der Waals surface area contributed by atoms with Crippen molar-refractivity contribution in [2.75, 3.05) is 7.11 Å². The molecule has 0 N–H and O–H groups in total. The van der Waals surface area contributed by atoms with Gasteiger partial charge < -0.3 is 9.30 Å². The number of rotatable bonds is 6. The first-order chi connectivity index (χ1) is 15.0. The van der Waals surface area contributed by atoms with Crippen LogP contribution in [-0.2, 0) is 11.3 Å². The standard InChI is InChI=1S/C24H25Br2N3O2/c1-4-13-29-18-14-16(24(30)31-3)11-12-17(18)19(15-9-7-6-8-10-15)20(29)23-27-21(25)22(26)28(23)5-2/h4-5,11-12,14-15H,1-2,6-10,13H2,3H3. The number of imidazole rings is 1. The Bertz CT molecular complexity index is 1170. The predicted molar refractivity (Wildman–Crippen MR) is 132 cm³/mol. The second-order valence-corrected chi connectivity index (χ2v) is 9.29. The fourth-order valence-corrected chi connectivity index (χ4v) is 5.46. The number of allylic oxidation sites excluding steroid dienone is 1. The SMILES string of the molecule is C=CCn1c(-c2nc(Br)c(Br)n2C=C)c(C2CCCCC2)c2ccc(C(=O)OC)cc21. The summed E-state index contributed by atoms with van der Waals surface area (Å²) in [5.41, 5.74) is 3.87. The van der Waals surface area contributed by atoms with Crippen molar-refractivity contribution in [1.29, 1.82) is 0 Å². The Morgan fingerprint density at radius 1 is 1.26 bits per heavy atom. The number of hydrogen-bond acceptors (Lipinski definition) is 3. The molecule has 0 radical (unpaired) electrons. The van der Waals surface area contributed by atoms with Crippen LogP contribution in [0.5, 0.6) is 0 Å². The van der Waals surface area contributed by atoms with Gasteiger partial charge in [-0.1, -0.05) is 38.0 Å². The number of halogens is 2. The van der Waals surface area contributed by atoms with E-state index < -0.39 is 0 Å². The lowest BCUT2D eigenvalue weighted by molar-refractivity contribution is 0.0601. The smallest absolute Gasteiger partial charge is 0.337 e. The molecule has 0 amide bonds. The molecule has 1 saturated carbocycles. The van der Waals surface area contributed by atoms with Gasteiger partial charge in [0.1, 0.15) is 9.21 Å². The molecular weight excluding hydrogens is 522 g/mol. The number of carbonyl (C=O) groups excluding carboxylic acids is 1. The van der Waals surface area contributed by atoms with Gasteiger partial charge in [-0.15, -0.1) is 6.58 Å². The maximum absolute atomic E-state index is 12.2. The molecule has 0 aliphatic heterocycles. The second-order valence-electron chi connectivity index (χ2n) is 7.79. The lowest BCUT2D eigenvalue weighted by atomic mass is 9.82. The van der Waals surface area contributed by atoms with Gasteiger partial charge in [0.05, 0.1) is 23.9 Å². The van der Waals surface area contributed by atoms with Gasteiger partial charge in [0.25, 0.3) is 0 Å². The Kier molecular flexibility index (Phi) is 6.53. The molecule has 2 aromatic heterocycles. The van der Waals surface area contributed by atoms with Gasteiger partial charge in [-0.05, 0) is 68.3 Å². The molecule has 0 spiro atoms. The molecule has 1 aliphatic rings. The first-order valence-electron chi connectivity index (χ1n) is 10.4. The summed E-state index contributed by atoms with van der Waals surface area (Å²) in [5.74, 6) is 0.910. The first-order valence-corrected chi connectivity index (χ1v) is 12.0. The largest absolute Gasteiger partial charge is 0.465 e. The summed E-state index contributed by atoms with van der Waals surface area (Å²) in [5, 5.41) is 1.15. The highest BCUT2D eigenvalue weighted by Crippen LogP contribution is 2.45. The van der Waals surface area contributed by atoms with Crippen LogP contribution in [0.1, 0.15) is 53.9 Å². The highest BCUT2D eigenvalue weighted by molar-refractivity contribution is 9.13. The highest BCUT2D eigenvalue weighted by Gasteiger charge is 2.29. The molecule has 0 bridgehead atoms. The zero-order valence-corrected chi connectivity index (χ0v) is 20.7. The van der Waals surface area contributed by atoms with Gasteiger partial charge in [-0.3, -0.25) is 4.57 Å². The quantitative estimate of drug-likeness (QED) is 0.243. The maximum atomic E-state index is 12.2. The Labute approximate surface area is 199 Å². The van der Waals surface area contributed by atoms with Crippen LogP contribution in [-0.4, -0.2) is 27.2 Å². The molecule has 1 aromatic carbocycles. The third kappa shape index (κ3) is 3.82.